The van der Waals surface area contributed by atoms with E-state index >= 15 is 0 Å². The van der Waals surface area contributed by atoms with Crippen LogP contribution in [-0.4, -0.2) is 58.4 Å². The lowest BCUT2D eigenvalue weighted by Gasteiger charge is -2.46. The highest BCUT2D eigenvalue weighted by atomic mass is 16.7. The molecular weight excluding hydrogens is 466 g/mol. The van der Waals surface area contributed by atoms with Crippen molar-refractivity contribution in [3.05, 3.63) is 65.6 Å². The summed E-state index contributed by atoms with van der Waals surface area (Å²) in [6, 6.07) is 9.62. The number of fused-ring (bicyclic) bond motifs is 1. The molecule has 0 unspecified atom stereocenters. The number of likely N-dealkylation sites (N-methyl/N-ethyl adjacent to an activating group) is 1. The Bertz CT molecular complexity index is 1300. The number of hydroxylamine groups is 2. The van der Waals surface area contributed by atoms with Crippen molar-refractivity contribution in [3.8, 4) is 0 Å². The molecule has 0 radical (unpaired) electrons. The third-order valence-electron chi connectivity index (χ3n) is 7.97. The number of rotatable bonds is 7. The molecule has 1 N–H and O–H groups in total. The van der Waals surface area contributed by atoms with Gasteiger partial charge >= 0.3 is 0 Å². The highest BCUT2D eigenvalue weighted by Gasteiger charge is 2.51. The van der Waals surface area contributed by atoms with Gasteiger partial charge in [-0.2, -0.15) is 0 Å². The number of nitrogens with zero attached hydrogens (tertiary/aromatic N) is 4. The Labute approximate surface area is 218 Å². The van der Waals surface area contributed by atoms with Crippen molar-refractivity contribution >= 4 is 23.1 Å². The van der Waals surface area contributed by atoms with Gasteiger partial charge in [0.2, 0.25) is 0 Å². The summed E-state index contributed by atoms with van der Waals surface area (Å²) < 4.78 is 1.93. The highest BCUT2D eigenvalue weighted by Crippen LogP contribution is 2.49. The summed E-state index contributed by atoms with van der Waals surface area (Å²) in [6.07, 6.45) is 9.66. The molecule has 3 heterocycles. The Hall–Kier alpha value is -3.23. The molecule has 1 aliphatic carbocycles. The molecule has 8 heteroatoms. The number of carbonyl (C=O) groups excluding carboxylic acids is 2. The van der Waals surface area contributed by atoms with Gasteiger partial charge in [-0.25, -0.2) is 10.0 Å². The molecule has 196 valence electrons. The number of pyridine rings is 1. The summed E-state index contributed by atoms with van der Waals surface area (Å²) in [4.78, 5) is 38.9. The lowest BCUT2D eigenvalue weighted by Crippen LogP contribution is -2.52. The van der Waals surface area contributed by atoms with Crippen molar-refractivity contribution in [2.75, 3.05) is 32.6 Å². The van der Waals surface area contributed by atoms with E-state index < -0.39 is 5.41 Å². The topological polar surface area (TPSA) is 79.2 Å². The normalized spacial score (nSPS) is 24.0. The van der Waals surface area contributed by atoms with Crippen LogP contribution in [0.2, 0.25) is 0 Å². The van der Waals surface area contributed by atoms with E-state index in [9.17, 15) is 9.59 Å². The van der Waals surface area contributed by atoms with Gasteiger partial charge in [-0.1, -0.05) is 26.0 Å². The second-order valence-electron chi connectivity index (χ2n) is 11.0. The lowest BCUT2D eigenvalue weighted by molar-refractivity contribution is -0.180. The molecule has 3 aromatic rings. The first-order chi connectivity index (χ1) is 17.8. The van der Waals surface area contributed by atoms with Crippen molar-refractivity contribution in [2.45, 2.75) is 51.5 Å². The third-order valence-corrected chi connectivity index (χ3v) is 7.97. The van der Waals surface area contributed by atoms with E-state index in [2.05, 4.69) is 35.2 Å². The lowest BCUT2D eigenvalue weighted by atomic mass is 9.58. The van der Waals surface area contributed by atoms with Crippen molar-refractivity contribution in [1.82, 2.24) is 19.3 Å². The third kappa shape index (κ3) is 5.00. The SMILES string of the molecule is CON(C)C(=O)C1(c2cccc(NC(=O)c3cc(CN4CCC[C@H](C)C4)cn4ccnc34)c2)CC(C)C1. The maximum Gasteiger partial charge on any atom is 0.259 e. The average Bonchev–Trinajstić information content (AvgIpc) is 3.34. The fourth-order valence-electron chi connectivity index (χ4n) is 6.17. The smallest absolute Gasteiger partial charge is 0.259 e. The van der Waals surface area contributed by atoms with Crippen LogP contribution in [0, 0.1) is 11.8 Å². The van der Waals surface area contributed by atoms with Crippen LogP contribution in [0.3, 0.4) is 0 Å². The Morgan fingerprint density at radius 1 is 1.22 bits per heavy atom. The molecule has 1 saturated carbocycles. The number of anilines is 1. The number of benzene rings is 1. The van der Waals surface area contributed by atoms with Crippen molar-refractivity contribution < 1.29 is 14.4 Å². The number of piperidine rings is 1. The summed E-state index contributed by atoms with van der Waals surface area (Å²) in [7, 11) is 3.15. The van der Waals surface area contributed by atoms with Crippen molar-refractivity contribution in [3.63, 3.8) is 0 Å². The van der Waals surface area contributed by atoms with E-state index in [4.69, 9.17) is 4.84 Å². The Kier molecular flexibility index (Phi) is 7.05. The van der Waals surface area contributed by atoms with E-state index in [1.807, 2.05) is 40.9 Å². The molecule has 37 heavy (non-hydrogen) atoms. The van der Waals surface area contributed by atoms with Crippen LogP contribution in [0.15, 0.2) is 48.9 Å². The largest absolute Gasteiger partial charge is 0.322 e. The monoisotopic (exact) mass is 503 g/mol. The number of carbonyl (C=O) groups is 2. The second kappa shape index (κ2) is 10.3. The Balaban J connectivity index is 1.40. The van der Waals surface area contributed by atoms with E-state index in [0.717, 1.165) is 43.6 Å². The molecule has 1 atom stereocenters. The van der Waals surface area contributed by atoms with Crippen molar-refractivity contribution in [2.24, 2.45) is 11.8 Å². The zero-order valence-electron chi connectivity index (χ0n) is 22.2. The van der Waals surface area contributed by atoms with Crippen LogP contribution in [-0.2, 0) is 21.6 Å². The molecule has 1 saturated heterocycles. The molecule has 1 aliphatic heterocycles. The summed E-state index contributed by atoms with van der Waals surface area (Å²) >= 11 is 0. The molecule has 1 aromatic carbocycles. The predicted octanol–water partition coefficient (Wildman–Crippen LogP) is 4.51. The van der Waals surface area contributed by atoms with Gasteiger partial charge in [0, 0.05) is 44.4 Å². The van der Waals surface area contributed by atoms with E-state index in [1.165, 1.54) is 25.0 Å². The van der Waals surface area contributed by atoms with Gasteiger partial charge < -0.3 is 9.72 Å². The summed E-state index contributed by atoms with van der Waals surface area (Å²) in [5.74, 6) is 0.874. The van der Waals surface area contributed by atoms with Crippen LogP contribution in [0.1, 0.15) is 61.0 Å². The number of hydrogen-bond donors (Lipinski definition) is 1. The molecule has 5 rings (SSSR count). The van der Waals surface area contributed by atoms with E-state index in [1.54, 1.807) is 13.2 Å². The molecule has 2 amide bonds. The van der Waals surface area contributed by atoms with Gasteiger partial charge in [0.05, 0.1) is 18.1 Å². The van der Waals surface area contributed by atoms with E-state index in [0.29, 0.717) is 28.7 Å². The summed E-state index contributed by atoms with van der Waals surface area (Å²) in [5.41, 5.74) is 3.19. The molecule has 2 aromatic heterocycles. The van der Waals surface area contributed by atoms with Crippen LogP contribution >= 0.6 is 0 Å². The number of amides is 2. The zero-order chi connectivity index (χ0) is 26.2. The van der Waals surface area contributed by atoms with Gasteiger partial charge in [0.15, 0.2) is 0 Å². The number of nitrogens with one attached hydrogen (secondary N) is 1. The van der Waals surface area contributed by atoms with Crippen LogP contribution in [0.4, 0.5) is 5.69 Å². The minimum atomic E-state index is -0.632. The van der Waals surface area contributed by atoms with Crippen LogP contribution in [0.25, 0.3) is 5.65 Å². The quantitative estimate of drug-likeness (QED) is 0.480. The number of imidazole rings is 1. The first kappa shape index (κ1) is 25.4. The van der Waals surface area contributed by atoms with E-state index in [-0.39, 0.29) is 11.8 Å². The first-order valence-corrected chi connectivity index (χ1v) is 13.2. The van der Waals surface area contributed by atoms with Gasteiger partial charge in [-0.3, -0.25) is 19.3 Å². The number of hydrogen-bond acceptors (Lipinski definition) is 5. The Morgan fingerprint density at radius 3 is 2.76 bits per heavy atom. The molecule has 2 fully saturated rings. The van der Waals surface area contributed by atoms with Crippen molar-refractivity contribution in [1.29, 1.82) is 0 Å². The maximum absolute atomic E-state index is 13.5. The fraction of sp³-hybridized carbons (Fsp3) is 0.483. The van der Waals surface area contributed by atoms with Gasteiger partial charge in [0.1, 0.15) is 5.65 Å². The molecular formula is C29H37N5O3. The molecule has 0 bridgehead atoms. The zero-order valence-corrected chi connectivity index (χ0v) is 22.2. The minimum Gasteiger partial charge on any atom is -0.322 e. The Morgan fingerprint density at radius 2 is 2.03 bits per heavy atom. The maximum atomic E-state index is 13.5. The van der Waals surface area contributed by atoms with Crippen LogP contribution < -0.4 is 5.32 Å². The van der Waals surface area contributed by atoms with Crippen LogP contribution in [0.5, 0.6) is 0 Å². The standard InChI is InChI=1S/C29H37N5O3/c1-20-7-6-11-33(17-20)18-22-13-25(26-30-10-12-34(26)19-22)27(35)31-24-9-5-8-23(14-24)29(15-21(2)16-29)28(36)32(3)37-4/h5,8-10,12-14,19-21H,6-7,11,15-18H2,1-4H3,(H,31,35)/t20-,21?,29?/m0/s1. The minimum absolute atomic E-state index is 0.0598. The molecule has 2 aliphatic rings. The summed E-state index contributed by atoms with van der Waals surface area (Å²) in [5, 5.41) is 4.38. The second-order valence-corrected chi connectivity index (χ2v) is 11.0. The van der Waals surface area contributed by atoms with Gasteiger partial charge in [0.25, 0.3) is 11.8 Å². The predicted molar refractivity (Wildman–Crippen MR) is 143 cm³/mol. The van der Waals surface area contributed by atoms with Gasteiger partial charge in [-0.15, -0.1) is 0 Å². The average molecular weight is 504 g/mol. The molecule has 8 nitrogen and oxygen atoms in total. The first-order valence-electron chi connectivity index (χ1n) is 13.2. The molecule has 0 spiro atoms. The highest BCUT2D eigenvalue weighted by molar-refractivity contribution is 6.08. The number of likely N-dealkylation sites (tertiary alicyclic amines) is 1. The summed E-state index contributed by atoms with van der Waals surface area (Å²) in [6.45, 7) is 7.42. The van der Waals surface area contributed by atoms with Gasteiger partial charge in [-0.05, 0) is 73.4 Å². The number of aromatic nitrogens is 2. The fourth-order valence-corrected chi connectivity index (χ4v) is 6.17.